The van der Waals surface area contributed by atoms with Crippen molar-refractivity contribution in [2.75, 3.05) is 4.72 Å². The first-order valence-corrected chi connectivity index (χ1v) is 7.66. The van der Waals surface area contributed by atoms with Crippen molar-refractivity contribution in [3.63, 3.8) is 0 Å². The lowest BCUT2D eigenvalue weighted by Gasteiger charge is -2.08. The molecule has 2 rings (SSSR count). The Morgan fingerprint density at radius 2 is 2.00 bits per heavy atom. The van der Waals surface area contributed by atoms with Crippen LogP contribution in [0.25, 0.3) is 0 Å². The van der Waals surface area contributed by atoms with Crippen LogP contribution < -0.4 is 10.5 Å². The van der Waals surface area contributed by atoms with Crippen molar-refractivity contribution in [1.82, 2.24) is 9.78 Å². The smallest absolute Gasteiger partial charge is 0.263 e. The van der Waals surface area contributed by atoms with Gasteiger partial charge in [0, 0.05) is 19.5 Å². The molecule has 0 saturated carbocycles. The van der Waals surface area contributed by atoms with Gasteiger partial charge in [0.05, 0.1) is 16.1 Å². The van der Waals surface area contributed by atoms with Crippen molar-refractivity contribution >= 4 is 33.0 Å². The molecule has 3 N–H and O–H groups in total. The van der Waals surface area contributed by atoms with E-state index in [4.69, 9.17) is 18.0 Å². The Bertz CT molecular complexity index is 720. The van der Waals surface area contributed by atoms with Gasteiger partial charge in [-0.3, -0.25) is 9.40 Å². The molecule has 0 amide bonds. The average Bonchev–Trinajstić information content (AvgIpc) is 2.74. The lowest BCUT2D eigenvalue weighted by Crippen LogP contribution is -2.15. The molecule has 1 heterocycles. The SMILES string of the molecule is Cn1nccc1NS(=O)(=O)c1ccc(CC(N)=S)cc1. The summed E-state index contributed by atoms with van der Waals surface area (Å²) < 4.78 is 28.3. The summed E-state index contributed by atoms with van der Waals surface area (Å²) in [5.41, 5.74) is 6.32. The Morgan fingerprint density at radius 3 is 2.50 bits per heavy atom. The summed E-state index contributed by atoms with van der Waals surface area (Å²) in [5.74, 6) is 0.400. The van der Waals surface area contributed by atoms with Gasteiger partial charge >= 0.3 is 0 Å². The first-order valence-electron chi connectivity index (χ1n) is 5.76. The van der Waals surface area contributed by atoms with Gasteiger partial charge in [0.2, 0.25) is 0 Å². The number of thiocarbonyl (C=S) groups is 1. The second-order valence-corrected chi connectivity index (χ2v) is 6.44. The topological polar surface area (TPSA) is 90.0 Å². The fraction of sp³-hybridized carbons (Fsp3) is 0.167. The minimum atomic E-state index is -3.63. The normalized spacial score (nSPS) is 11.2. The largest absolute Gasteiger partial charge is 0.393 e. The van der Waals surface area contributed by atoms with Gasteiger partial charge in [-0.15, -0.1) is 0 Å². The molecule has 1 aromatic carbocycles. The standard InChI is InChI=1S/C12H14N4O2S2/c1-16-12(6-7-14-16)15-20(17,18)10-4-2-9(3-5-10)8-11(13)19/h2-7,15H,8H2,1H3,(H2,13,19). The van der Waals surface area contributed by atoms with Gasteiger partial charge in [0.25, 0.3) is 10.0 Å². The van der Waals surface area contributed by atoms with E-state index in [1.165, 1.54) is 23.0 Å². The third kappa shape index (κ3) is 3.34. The molecule has 0 atom stereocenters. The minimum absolute atomic E-state index is 0.172. The summed E-state index contributed by atoms with van der Waals surface area (Å²) in [7, 11) is -1.97. The van der Waals surface area contributed by atoms with E-state index in [0.29, 0.717) is 17.2 Å². The molecule has 0 spiro atoms. The van der Waals surface area contributed by atoms with Crippen molar-refractivity contribution in [1.29, 1.82) is 0 Å². The van der Waals surface area contributed by atoms with E-state index in [1.807, 2.05) is 0 Å². The summed E-state index contributed by atoms with van der Waals surface area (Å²) in [6.07, 6.45) is 1.97. The van der Waals surface area contributed by atoms with E-state index in [9.17, 15) is 8.42 Å². The van der Waals surface area contributed by atoms with Crippen LogP contribution in [-0.4, -0.2) is 23.2 Å². The zero-order valence-electron chi connectivity index (χ0n) is 10.8. The third-order valence-corrected chi connectivity index (χ3v) is 4.19. The lowest BCUT2D eigenvalue weighted by atomic mass is 10.1. The summed E-state index contributed by atoms with van der Waals surface area (Å²) in [6, 6.07) is 8.01. The van der Waals surface area contributed by atoms with Gasteiger partial charge in [-0.05, 0) is 17.7 Å². The molecule has 0 radical (unpaired) electrons. The molecule has 106 valence electrons. The molecule has 0 aliphatic carbocycles. The van der Waals surface area contributed by atoms with Crippen LogP contribution in [0.4, 0.5) is 5.82 Å². The minimum Gasteiger partial charge on any atom is -0.393 e. The maximum absolute atomic E-state index is 12.2. The van der Waals surface area contributed by atoms with Crippen LogP contribution in [0.5, 0.6) is 0 Å². The average molecular weight is 310 g/mol. The monoisotopic (exact) mass is 310 g/mol. The predicted molar refractivity (Wildman–Crippen MR) is 80.9 cm³/mol. The van der Waals surface area contributed by atoms with E-state index in [1.54, 1.807) is 25.2 Å². The molecule has 20 heavy (non-hydrogen) atoms. The van der Waals surface area contributed by atoms with Crippen LogP contribution in [0.15, 0.2) is 41.4 Å². The number of anilines is 1. The van der Waals surface area contributed by atoms with Crippen LogP contribution in [0, 0.1) is 0 Å². The van der Waals surface area contributed by atoms with E-state index >= 15 is 0 Å². The quantitative estimate of drug-likeness (QED) is 0.806. The number of nitrogens with one attached hydrogen (secondary N) is 1. The highest BCUT2D eigenvalue weighted by Crippen LogP contribution is 2.16. The van der Waals surface area contributed by atoms with Gasteiger partial charge in [-0.25, -0.2) is 8.42 Å². The van der Waals surface area contributed by atoms with Gasteiger partial charge in [0.15, 0.2) is 0 Å². The Balaban J connectivity index is 2.22. The fourth-order valence-electron chi connectivity index (χ4n) is 1.66. The molecule has 0 aliphatic heterocycles. The number of nitrogens with zero attached hydrogens (tertiary/aromatic N) is 2. The van der Waals surface area contributed by atoms with Crippen molar-refractivity contribution in [3.8, 4) is 0 Å². The Kier molecular flexibility index (Phi) is 4.05. The molecular weight excluding hydrogens is 296 g/mol. The number of rotatable bonds is 5. The molecule has 1 aromatic heterocycles. The number of aryl methyl sites for hydroxylation is 1. The lowest BCUT2D eigenvalue weighted by molar-refractivity contribution is 0.600. The highest BCUT2D eigenvalue weighted by atomic mass is 32.2. The van der Waals surface area contributed by atoms with Crippen molar-refractivity contribution < 1.29 is 8.42 Å². The summed E-state index contributed by atoms with van der Waals surface area (Å²) in [5, 5.41) is 3.90. The maximum Gasteiger partial charge on any atom is 0.263 e. The number of hydrogen-bond donors (Lipinski definition) is 2. The number of nitrogens with two attached hydrogens (primary N) is 1. The molecule has 8 heteroatoms. The number of sulfonamides is 1. The number of hydrogen-bond acceptors (Lipinski definition) is 4. The molecule has 6 nitrogen and oxygen atoms in total. The zero-order valence-corrected chi connectivity index (χ0v) is 12.4. The van der Waals surface area contributed by atoms with Crippen LogP contribution in [0.3, 0.4) is 0 Å². The maximum atomic E-state index is 12.2. The highest BCUT2D eigenvalue weighted by molar-refractivity contribution is 7.92. The number of benzene rings is 1. The molecule has 0 bridgehead atoms. The molecule has 0 aliphatic rings. The Hall–Kier alpha value is -1.93. The van der Waals surface area contributed by atoms with Crippen LogP contribution in [0.1, 0.15) is 5.56 Å². The van der Waals surface area contributed by atoms with Gasteiger partial charge < -0.3 is 5.73 Å². The summed E-state index contributed by atoms with van der Waals surface area (Å²) >= 11 is 4.81. The molecule has 0 fully saturated rings. The number of aromatic nitrogens is 2. The molecule has 0 saturated heterocycles. The highest BCUT2D eigenvalue weighted by Gasteiger charge is 2.15. The zero-order chi connectivity index (χ0) is 14.8. The Morgan fingerprint density at radius 1 is 1.35 bits per heavy atom. The second-order valence-electron chi connectivity index (χ2n) is 4.23. The first kappa shape index (κ1) is 14.5. The first-order chi connectivity index (χ1) is 9.38. The van der Waals surface area contributed by atoms with E-state index in [0.717, 1.165) is 5.56 Å². The van der Waals surface area contributed by atoms with E-state index in [-0.39, 0.29) is 4.90 Å². The van der Waals surface area contributed by atoms with Crippen molar-refractivity contribution in [3.05, 3.63) is 42.1 Å². The van der Waals surface area contributed by atoms with Gasteiger partial charge in [-0.2, -0.15) is 5.10 Å². The van der Waals surface area contributed by atoms with Crippen molar-refractivity contribution in [2.24, 2.45) is 12.8 Å². The summed E-state index contributed by atoms with van der Waals surface area (Å²) in [4.78, 5) is 0.541. The molecule has 0 unspecified atom stereocenters. The fourth-order valence-corrected chi connectivity index (χ4v) is 2.91. The molecule has 2 aromatic rings. The van der Waals surface area contributed by atoms with Crippen LogP contribution in [0.2, 0.25) is 0 Å². The van der Waals surface area contributed by atoms with Crippen molar-refractivity contribution in [2.45, 2.75) is 11.3 Å². The van der Waals surface area contributed by atoms with Gasteiger partial charge in [-0.1, -0.05) is 24.4 Å². The Labute approximate surface area is 122 Å². The van der Waals surface area contributed by atoms with E-state index < -0.39 is 10.0 Å². The van der Waals surface area contributed by atoms with Gasteiger partial charge in [0.1, 0.15) is 5.82 Å². The van der Waals surface area contributed by atoms with Crippen LogP contribution in [-0.2, 0) is 23.5 Å². The second kappa shape index (κ2) is 5.59. The summed E-state index contributed by atoms with van der Waals surface area (Å²) in [6.45, 7) is 0. The van der Waals surface area contributed by atoms with Crippen LogP contribution >= 0.6 is 12.2 Å². The third-order valence-electron chi connectivity index (χ3n) is 2.67. The predicted octanol–water partition coefficient (Wildman–Crippen LogP) is 1.05. The van der Waals surface area contributed by atoms with E-state index in [2.05, 4.69) is 9.82 Å². The molecular formula is C12H14N4O2S2.